The molecular weight excluding hydrogens is 380 g/mol. The van der Waals surface area contributed by atoms with Crippen LogP contribution >= 0.6 is 0 Å². The maximum absolute atomic E-state index is 12.7. The average Bonchev–Trinajstić information content (AvgIpc) is 2.68. The molecule has 0 spiro atoms. The molecule has 0 atom stereocenters. The molecule has 1 heterocycles. The van der Waals surface area contributed by atoms with Gasteiger partial charge in [-0.05, 0) is 50.6 Å². The summed E-state index contributed by atoms with van der Waals surface area (Å²) >= 11 is 0. The number of piperidine rings is 1. The van der Waals surface area contributed by atoms with Crippen molar-refractivity contribution in [1.29, 1.82) is 0 Å². The highest BCUT2D eigenvalue weighted by Gasteiger charge is 2.25. The molecule has 1 aromatic carbocycles. The predicted octanol–water partition coefficient (Wildman–Crippen LogP) is 1.26. The molecule has 8 nitrogen and oxygen atoms in total. The first kappa shape index (κ1) is 22.3. The number of carbonyl (C=O) groups excluding carboxylic acids is 2. The molecule has 9 heteroatoms. The molecule has 28 heavy (non-hydrogen) atoms. The summed E-state index contributed by atoms with van der Waals surface area (Å²) in [6.07, 6.45) is 2.83. The van der Waals surface area contributed by atoms with Crippen LogP contribution < -0.4 is 10.6 Å². The summed E-state index contributed by atoms with van der Waals surface area (Å²) in [6, 6.07) is 6.22. The molecular formula is C19H30N4O4S. The summed E-state index contributed by atoms with van der Waals surface area (Å²) in [6.45, 7) is 6.19. The van der Waals surface area contributed by atoms with E-state index in [-0.39, 0.29) is 29.8 Å². The minimum absolute atomic E-state index is 0.0848. The molecule has 0 aromatic heterocycles. The Balaban J connectivity index is 1.94. The topological polar surface area (TPSA) is 98.8 Å². The molecule has 2 N–H and O–H groups in total. The lowest BCUT2D eigenvalue weighted by atomic mass is 10.2. The number of rotatable bonds is 9. The summed E-state index contributed by atoms with van der Waals surface area (Å²) in [4.78, 5) is 25.9. The maximum Gasteiger partial charge on any atom is 0.243 e. The number of hydrogen-bond donors (Lipinski definition) is 2. The summed E-state index contributed by atoms with van der Waals surface area (Å²) in [5.41, 5.74) is 0.525. The van der Waals surface area contributed by atoms with Gasteiger partial charge in [-0.15, -0.1) is 0 Å². The monoisotopic (exact) mass is 410 g/mol. The Morgan fingerprint density at radius 1 is 1.00 bits per heavy atom. The van der Waals surface area contributed by atoms with E-state index in [2.05, 4.69) is 10.6 Å². The third kappa shape index (κ3) is 6.29. The molecule has 156 valence electrons. The third-order valence-corrected chi connectivity index (χ3v) is 6.56. The normalized spacial score (nSPS) is 15.4. The van der Waals surface area contributed by atoms with E-state index >= 15 is 0 Å². The number of hydrogen-bond acceptors (Lipinski definition) is 5. The Bertz CT molecular complexity index is 759. The second-order valence-corrected chi connectivity index (χ2v) is 8.73. The zero-order chi connectivity index (χ0) is 20.6. The van der Waals surface area contributed by atoms with Crippen LogP contribution in [0.5, 0.6) is 0 Å². The number of anilines is 1. The quantitative estimate of drug-likeness (QED) is 0.639. The van der Waals surface area contributed by atoms with Crippen molar-refractivity contribution in [3.8, 4) is 0 Å². The van der Waals surface area contributed by atoms with Crippen molar-refractivity contribution in [2.24, 2.45) is 0 Å². The fourth-order valence-corrected chi connectivity index (χ4v) is 4.62. The van der Waals surface area contributed by atoms with Gasteiger partial charge in [-0.2, -0.15) is 4.31 Å². The molecule has 1 fully saturated rings. The van der Waals surface area contributed by atoms with E-state index in [1.54, 1.807) is 17.0 Å². The average molecular weight is 411 g/mol. The van der Waals surface area contributed by atoms with Crippen molar-refractivity contribution < 1.29 is 18.0 Å². The molecule has 0 saturated carbocycles. The highest BCUT2D eigenvalue weighted by atomic mass is 32.2. The minimum Gasteiger partial charge on any atom is -0.355 e. The van der Waals surface area contributed by atoms with E-state index in [0.29, 0.717) is 31.9 Å². The molecule has 0 bridgehead atoms. The first-order chi connectivity index (χ1) is 13.4. The molecule has 1 aromatic rings. The summed E-state index contributed by atoms with van der Waals surface area (Å²) in [5.74, 6) is -0.373. The van der Waals surface area contributed by atoms with Crippen LogP contribution in [-0.2, 0) is 19.6 Å². The van der Waals surface area contributed by atoms with E-state index in [1.807, 2.05) is 13.8 Å². The highest BCUT2D eigenvalue weighted by molar-refractivity contribution is 7.89. The van der Waals surface area contributed by atoms with Gasteiger partial charge in [-0.3, -0.25) is 14.5 Å². The zero-order valence-electron chi connectivity index (χ0n) is 16.6. The number of nitrogens with zero attached hydrogens (tertiary/aromatic N) is 2. The lowest BCUT2D eigenvalue weighted by Crippen LogP contribution is -2.41. The Morgan fingerprint density at radius 3 is 2.18 bits per heavy atom. The molecule has 2 rings (SSSR count). The lowest BCUT2D eigenvalue weighted by molar-refractivity contribution is -0.123. The van der Waals surface area contributed by atoms with E-state index in [1.165, 1.54) is 16.4 Å². The number of nitrogens with one attached hydrogen (secondary N) is 2. The van der Waals surface area contributed by atoms with Crippen molar-refractivity contribution >= 4 is 27.5 Å². The molecule has 0 aliphatic carbocycles. The van der Waals surface area contributed by atoms with Gasteiger partial charge in [0.15, 0.2) is 0 Å². The van der Waals surface area contributed by atoms with Crippen LogP contribution in [0.3, 0.4) is 0 Å². The van der Waals surface area contributed by atoms with Gasteiger partial charge in [0.1, 0.15) is 0 Å². The Hall–Kier alpha value is -1.97. The SMILES string of the molecule is CCNC(=O)CN(CC)CC(=O)Nc1ccc(S(=O)(=O)N2CCCCC2)cc1. The summed E-state index contributed by atoms with van der Waals surface area (Å²) < 4.78 is 26.8. The number of amides is 2. The van der Waals surface area contributed by atoms with Gasteiger partial charge in [-0.25, -0.2) is 8.42 Å². The van der Waals surface area contributed by atoms with Gasteiger partial charge in [0.2, 0.25) is 21.8 Å². The number of likely N-dealkylation sites (N-methyl/N-ethyl adjacent to an activating group) is 2. The van der Waals surface area contributed by atoms with Crippen molar-refractivity contribution in [2.75, 3.05) is 44.6 Å². The standard InChI is InChI=1S/C19H30N4O4S/c1-3-20-18(24)14-22(4-2)15-19(25)21-16-8-10-17(11-9-16)28(26,27)23-12-6-5-7-13-23/h8-11H,3-7,12-15H2,1-2H3,(H,20,24)(H,21,25). The van der Waals surface area contributed by atoms with Crippen LogP contribution in [-0.4, -0.2) is 68.7 Å². The van der Waals surface area contributed by atoms with Gasteiger partial charge < -0.3 is 10.6 Å². The highest BCUT2D eigenvalue weighted by Crippen LogP contribution is 2.21. The Labute approximate surface area is 167 Å². The van der Waals surface area contributed by atoms with Crippen LogP contribution in [0.25, 0.3) is 0 Å². The second kappa shape index (κ2) is 10.5. The fourth-order valence-electron chi connectivity index (χ4n) is 3.10. The molecule has 1 saturated heterocycles. The van der Waals surface area contributed by atoms with Gasteiger partial charge >= 0.3 is 0 Å². The molecule has 0 unspecified atom stereocenters. The van der Waals surface area contributed by atoms with Crippen LogP contribution in [0.4, 0.5) is 5.69 Å². The van der Waals surface area contributed by atoms with Gasteiger partial charge in [0.25, 0.3) is 0 Å². The van der Waals surface area contributed by atoms with Crippen LogP contribution in [0, 0.1) is 0 Å². The lowest BCUT2D eigenvalue weighted by Gasteiger charge is -2.25. The largest absolute Gasteiger partial charge is 0.355 e. The molecule has 2 amide bonds. The molecule has 0 radical (unpaired) electrons. The van der Waals surface area contributed by atoms with Gasteiger partial charge in [0.05, 0.1) is 18.0 Å². The fraction of sp³-hybridized carbons (Fsp3) is 0.579. The number of carbonyl (C=O) groups is 2. The summed E-state index contributed by atoms with van der Waals surface area (Å²) in [5, 5.41) is 5.46. The molecule has 1 aliphatic rings. The minimum atomic E-state index is -3.48. The van der Waals surface area contributed by atoms with Gasteiger partial charge in [0, 0.05) is 25.3 Å². The number of sulfonamides is 1. The van der Waals surface area contributed by atoms with Crippen molar-refractivity contribution in [1.82, 2.24) is 14.5 Å². The van der Waals surface area contributed by atoms with Crippen LogP contribution in [0.2, 0.25) is 0 Å². The van der Waals surface area contributed by atoms with E-state index in [9.17, 15) is 18.0 Å². The van der Waals surface area contributed by atoms with Crippen molar-refractivity contribution in [2.45, 2.75) is 38.0 Å². The van der Waals surface area contributed by atoms with E-state index in [4.69, 9.17) is 0 Å². The first-order valence-corrected chi connectivity index (χ1v) is 11.2. The molecule has 1 aliphatic heterocycles. The van der Waals surface area contributed by atoms with Gasteiger partial charge in [-0.1, -0.05) is 13.3 Å². The predicted molar refractivity (Wildman–Crippen MR) is 108 cm³/mol. The zero-order valence-corrected chi connectivity index (χ0v) is 17.4. The Morgan fingerprint density at radius 2 is 1.61 bits per heavy atom. The number of benzene rings is 1. The first-order valence-electron chi connectivity index (χ1n) is 9.76. The van der Waals surface area contributed by atoms with Crippen LogP contribution in [0.15, 0.2) is 29.2 Å². The van der Waals surface area contributed by atoms with Crippen molar-refractivity contribution in [3.63, 3.8) is 0 Å². The third-order valence-electron chi connectivity index (χ3n) is 4.65. The van der Waals surface area contributed by atoms with E-state index in [0.717, 1.165) is 19.3 Å². The van der Waals surface area contributed by atoms with Crippen LogP contribution in [0.1, 0.15) is 33.1 Å². The second-order valence-electron chi connectivity index (χ2n) is 6.79. The summed E-state index contributed by atoms with van der Waals surface area (Å²) in [7, 11) is -3.48. The Kier molecular flexibility index (Phi) is 8.40. The smallest absolute Gasteiger partial charge is 0.243 e. The van der Waals surface area contributed by atoms with E-state index < -0.39 is 10.0 Å². The maximum atomic E-state index is 12.7. The van der Waals surface area contributed by atoms with Crippen molar-refractivity contribution in [3.05, 3.63) is 24.3 Å².